The first-order chi connectivity index (χ1) is 14.7. The molecule has 4 aromatic rings. The van der Waals surface area contributed by atoms with Crippen molar-refractivity contribution in [2.45, 2.75) is 6.54 Å². The third-order valence-electron chi connectivity index (χ3n) is 4.85. The van der Waals surface area contributed by atoms with Crippen molar-refractivity contribution in [1.82, 2.24) is 9.88 Å². The van der Waals surface area contributed by atoms with Crippen molar-refractivity contribution >= 4 is 17.2 Å². The fourth-order valence-corrected chi connectivity index (χ4v) is 4.32. The van der Waals surface area contributed by atoms with E-state index < -0.39 is 0 Å². The fraction of sp³-hybridized carbons (Fsp3) is 0.125. The molecule has 0 fully saturated rings. The van der Waals surface area contributed by atoms with Crippen molar-refractivity contribution in [2.24, 2.45) is 0 Å². The van der Waals surface area contributed by atoms with Crippen LogP contribution in [0.3, 0.4) is 0 Å². The largest absolute Gasteiger partial charge is 0.497 e. The lowest BCUT2D eigenvalue weighted by Gasteiger charge is -2.12. The second-order valence-corrected chi connectivity index (χ2v) is 7.52. The van der Waals surface area contributed by atoms with Gasteiger partial charge in [-0.15, -0.1) is 11.3 Å². The molecule has 0 radical (unpaired) electrons. The van der Waals surface area contributed by atoms with E-state index in [-0.39, 0.29) is 5.91 Å². The molecule has 0 atom stereocenters. The molecule has 0 saturated carbocycles. The van der Waals surface area contributed by atoms with Crippen LogP contribution in [0.15, 0.2) is 78.4 Å². The van der Waals surface area contributed by atoms with E-state index in [1.54, 1.807) is 14.2 Å². The molecular formula is C24H22N2O3S. The maximum atomic E-state index is 13.1. The number of hydrogen-bond donors (Lipinski definition) is 1. The quantitative estimate of drug-likeness (QED) is 0.451. The third-order valence-corrected chi connectivity index (χ3v) is 5.82. The molecule has 1 amide bonds. The Bertz CT molecular complexity index is 1130. The molecule has 2 heterocycles. The highest BCUT2D eigenvalue weighted by molar-refractivity contribution is 7.13. The highest BCUT2D eigenvalue weighted by Crippen LogP contribution is 2.35. The van der Waals surface area contributed by atoms with Crippen molar-refractivity contribution in [2.75, 3.05) is 14.2 Å². The zero-order chi connectivity index (χ0) is 20.9. The average Bonchev–Trinajstić information content (AvgIpc) is 3.47. The van der Waals surface area contributed by atoms with Crippen molar-refractivity contribution in [3.05, 3.63) is 88.9 Å². The molecule has 0 bridgehead atoms. The second-order valence-electron chi connectivity index (χ2n) is 6.64. The van der Waals surface area contributed by atoms with Gasteiger partial charge in [0.25, 0.3) is 5.91 Å². The van der Waals surface area contributed by atoms with Gasteiger partial charge in [0, 0.05) is 41.5 Å². The van der Waals surface area contributed by atoms with Crippen LogP contribution in [0.25, 0.3) is 16.8 Å². The van der Waals surface area contributed by atoms with Crippen molar-refractivity contribution < 1.29 is 14.3 Å². The zero-order valence-electron chi connectivity index (χ0n) is 16.8. The standard InChI is InChI=1S/C24H22N2O3S/c1-28-19-11-10-18(21(14-19)29-2)15-25-24(27)23-22(26-12-6-7-13-26)20(16-30-23)17-8-4-3-5-9-17/h3-14,16H,15H2,1-2H3,(H,25,27). The Morgan fingerprint density at radius 3 is 2.47 bits per heavy atom. The summed E-state index contributed by atoms with van der Waals surface area (Å²) in [5, 5.41) is 5.07. The van der Waals surface area contributed by atoms with Gasteiger partial charge in [-0.05, 0) is 29.8 Å². The van der Waals surface area contributed by atoms with Gasteiger partial charge in [0.15, 0.2) is 0 Å². The van der Waals surface area contributed by atoms with Crippen LogP contribution >= 0.6 is 11.3 Å². The fourth-order valence-electron chi connectivity index (χ4n) is 3.33. The Balaban J connectivity index is 1.63. The number of carbonyl (C=O) groups is 1. The number of benzene rings is 2. The number of hydrogen-bond acceptors (Lipinski definition) is 4. The monoisotopic (exact) mass is 418 g/mol. The highest BCUT2D eigenvalue weighted by atomic mass is 32.1. The summed E-state index contributed by atoms with van der Waals surface area (Å²) in [6.45, 7) is 0.357. The Labute approximate surface area is 179 Å². The van der Waals surface area contributed by atoms with Crippen LogP contribution in [-0.4, -0.2) is 24.7 Å². The van der Waals surface area contributed by atoms with E-state index in [0.717, 1.165) is 22.4 Å². The van der Waals surface area contributed by atoms with Gasteiger partial charge in [-0.2, -0.15) is 0 Å². The summed E-state index contributed by atoms with van der Waals surface area (Å²) in [5.41, 5.74) is 3.88. The smallest absolute Gasteiger partial charge is 0.263 e. The summed E-state index contributed by atoms with van der Waals surface area (Å²) >= 11 is 1.44. The summed E-state index contributed by atoms with van der Waals surface area (Å²) in [6.07, 6.45) is 3.91. The highest BCUT2D eigenvalue weighted by Gasteiger charge is 2.20. The van der Waals surface area contributed by atoms with Gasteiger partial charge in [0.1, 0.15) is 16.4 Å². The first kappa shape index (κ1) is 19.8. The van der Waals surface area contributed by atoms with Crippen LogP contribution in [-0.2, 0) is 6.54 Å². The summed E-state index contributed by atoms with van der Waals surface area (Å²) in [4.78, 5) is 13.8. The lowest BCUT2D eigenvalue weighted by atomic mass is 10.1. The molecule has 2 aromatic heterocycles. The molecule has 4 rings (SSSR count). The Hall–Kier alpha value is -3.51. The van der Waals surface area contributed by atoms with Crippen molar-refractivity contribution in [3.63, 3.8) is 0 Å². The predicted molar refractivity (Wildman–Crippen MR) is 120 cm³/mol. The molecule has 5 nitrogen and oxygen atoms in total. The topological polar surface area (TPSA) is 52.5 Å². The van der Waals surface area contributed by atoms with Crippen LogP contribution in [0.5, 0.6) is 11.5 Å². The molecular weight excluding hydrogens is 396 g/mol. The normalized spacial score (nSPS) is 10.6. The lowest BCUT2D eigenvalue weighted by molar-refractivity contribution is 0.0955. The van der Waals surface area contributed by atoms with Gasteiger partial charge in [-0.1, -0.05) is 30.3 Å². The average molecular weight is 419 g/mol. The van der Waals surface area contributed by atoms with Crippen LogP contribution in [0.4, 0.5) is 0 Å². The maximum Gasteiger partial charge on any atom is 0.263 e. The number of aromatic nitrogens is 1. The molecule has 0 spiro atoms. The third kappa shape index (κ3) is 3.95. The molecule has 30 heavy (non-hydrogen) atoms. The van der Waals surface area contributed by atoms with Crippen LogP contribution in [0, 0.1) is 0 Å². The van der Waals surface area contributed by atoms with Crippen LogP contribution in [0.2, 0.25) is 0 Å². The minimum absolute atomic E-state index is 0.122. The van der Waals surface area contributed by atoms with E-state index in [0.29, 0.717) is 22.9 Å². The van der Waals surface area contributed by atoms with Gasteiger partial charge in [-0.3, -0.25) is 4.79 Å². The minimum atomic E-state index is -0.122. The molecule has 0 saturated heterocycles. The van der Waals surface area contributed by atoms with Crippen molar-refractivity contribution in [1.29, 1.82) is 0 Å². The molecule has 2 aromatic carbocycles. The van der Waals surface area contributed by atoms with E-state index >= 15 is 0 Å². The van der Waals surface area contributed by atoms with E-state index in [9.17, 15) is 4.79 Å². The molecule has 152 valence electrons. The Morgan fingerprint density at radius 2 is 1.77 bits per heavy atom. The number of nitrogens with one attached hydrogen (secondary N) is 1. The molecule has 0 unspecified atom stereocenters. The summed E-state index contributed by atoms with van der Waals surface area (Å²) in [6, 6.07) is 19.6. The number of thiophene rings is 1. The summed E-state index contributed by atoms with van der Waals surface area (Å²) < 4.78 is 12.7. The van der Waals surface area contributed by atoms with Crippen LogP contribution < -0.4 is 14.8 Å². The van der Waals surface area contributed by atoms with Gasteiger partial charge >= 0.3 is 0 Å². The number of amides is 1. The van der Waals surface area contributed by atoms with E-state index in [1.807, 2.05) is 70.9 Å². The van der Waals surface area contributed by atoms with Gasteiger partial charge < -0.3 is 19.4 Å². The zero-order valence-corrected chi connectivity index (χ0v) is 17.6. The van der Waals surface area contributed by atoms with E-state index in [1.165, 1.54) is 11.3 Å². The molecule has 0 aliphatic carbocycles. The number of nitrogens with zero attached hydrogens (tertiary/aromatic N) is 1. The Kier molecular flexibility index (Phi) is 5.86. The molecule has 1 N–H and O–H groups in total. The first-order valence-corrected chi connectivity index (χ1v) is 10.4. The maximum absolute atomic E-state index is 13.1. The number of methoxy groups -OCH3 is 2. The molecule has 6 heteroatoms. The second kappa shape index (κ2) is 8.88. The number of rotatable bonds is 7. The molecule has 0 aliphatic rings. The minimum Gasteiger partial charge on any atom is -0.497 e. The first-order valence-electron chi connectivity index (χ1n) is 9.50. The van der Waals surface area contributed by atoms with Crippen LogP contribution in [0.1, 0.15) is 15.2 Å². The van der Waals surface area contributed by atoms with E-state index in [2.05, 4.69) is 17.4 Å². The summed E-state index contributed by atoms with van der Waals surface area (Å²) in [7, 11) is 3.22. The summed E-state index contributed by atoms with van der Waals surface area (Å²) in [5.74, 6) is 1.27. The number of carbonyl (C=O) groups excluding carboxylic acids is 1. The van der Waals surface area contributed by atoms with Gasteiger partial charge in [0.2, 0.25) is 0 Å². The predicted octanol–water partition coefficient (Wildman–Crippen LogP) is 5.15. The Morgan fingerprint density at radius 1 is 1.00 bits per heavy atom. The van der Waals surface area contributed by atoms with Crippen molar-refractivity contribution in [3.8, 4) is 28.3 Å². The number of ether oxygens (including phenoxy) is 2. The SMILES string of the molecule is COc1ccc(CNC(=O)c2scc(-c3ccccc3)c2-n2cccc2)c(OC)c1. The molecule has 0 aliphatic heterocycles. The van der Waals surface area contributed by atoms with E-state index in [4.69, 9.17) is 9.47 Å². The van der Waals surface area contributed by atoms with Gasteiger partial charge in [0.05, 0.1) is 19.9 Å². The van der Waals surface area contributed by atoms with Gasteiger partial charge in [-0.25, -0.2) is 0 Å². The lowest BCUT2D eigenvalue weighted by Crippen LogP contribution is -2.23.